The summed E-state index contributed by atoms with van der Waals surface area (Å²) in [6.45, 7) is 39.4. The van der Waals surface area contributed by atoms with Gasteiger partial charge in [-0.25, -0.2) is 0 Å². The molecule has 234 valence electrons. The Morgan fingerprint density at radius 3 is 0.744 bits per heavy atom. The van der Waals surface area contributed by atoms with E-state index in [2.05, 4.69) is 90.0 Å². The number of epoxide rings is 1. The molecule has 0 aromatic heterocycles. The van der Waals surface area contributed by atoms with Gasteiger partial charge in [-0.2, -0.15) is 0 Å². The first-order valence-electron chi connectivity index (χ1n) is 14.3. The predicted octanol–water partition coefficient (Wildman–Crippen LogP) is 8.20. The van der Waals surface area contributed by atoms with Crippen LogP contribution in [0.4, 0.5) is 0 Å². The monoisotopic (exact) mass is 560 g/mol. The maximum absolute atomic E-state index is 9.81. The molecule has 39 heavy (non-hydrogen) atoms. The lowest BCUT2D eigenvalue weighted by Crippen LogP contribution is -2.41. The van der Waals surface area contributed by atoms with Crippen LogP contribution in [-0.2, 0) is 33.3 Å². The van der Waals surface area contributed by atoms with Crippen molar-refractivity contribution in [2.75, 3.05) is 0 Å². The molecule has 3 heterocycles. The van der Waals surface area contributed by atoms with Crippen LogP contribution in [0.5, 0.6) is 0 Å². The Labute approximate surface area is 241 Å². The third-order valence-electron chi connectivity index (χ3n) is 7.90. The van der Waals surface area contributed by atoms with Crippen LogP contribution in [0.15, 0.2) is 0 Å². The van der Waals surface area contributed by atoms with Crippen LogP contribution >= 0.6 is 0 Å². The lowest BCUT2D eigenvalue weighted by atomic mass is 9.90. The molecule has 3 rings (SSSR count). The van der Waals surface area contributed by atoms with Gasteiger partial charge in [-0.1, -0.05) is 13.8 Å². The highest BCUT2D eigenvalue weighted by Gasteiger charge is 2.56. The van der Waals surface area contributed by atoms with Crippen LogP contribution in [-0.4, -0.2) is 56.7 Å². The molecular formula is C32H64O7. The predicted molar refractivity (Wildman–Crippen MR) is 160 cm³/mol. The molecule has 0 saturated carbocycles. The van der Waals surface area contributed by atoms with Gasteiger partial charge in [0.05, 0.1) is 33.6 Å². The van der Waals surface area contributed by atoms with Crippen LogP contribution < -0.4 is 0 Å². The number of hydrogen-bond acceptors (Lipinski definition) is 7. The zero-order valence-electron chi connectivity index (χ0n) is 29.3. The van der Waals surface area contributed by atoms with E-state index in [0.29, 0.717) is 6.42 Å². The molecule has 0 unspecified atom stereocenters. The van der Waals surface area contributed by atoms with Gasteiger partial charge in [-0.05, 0) is 131 Å². The molecule has 3 aliphatic heterocycles. The molecule has 0 bridgehead atoms. The standard InChI is InChI=1S/C10H20O2.C9H18O2.C6H12O.C4H8O.C3H6O/c1-7-10(6)11-8(2,3)9(4,5)12-10;1-7(2)8(3,4)11-9(5,6)10-7;1-5(2)6(3,4)7-5;1-3-4(2)5;1-3(2)4/h7H2,1-6H3;1-6H3;1-4H3;3H2,1-2H3;1-2H3. The van der Waals surface area contributed by atoms with Crippen LogP contribution in [0, 0.1) is 0 Å². The zero-order valence-corrected chi connectivity index (χ0v) is 29.3. The Hall–Kier alpha value is -0.860. The third-order valence-corrected chi connectivity index (χ3v) is 7.90. The number of ketones is 2. The van der Waals surface area contributed by atoms with E-state index in [1.807, 2.05) is 27.7 Å². The van der Waals surface area contributed by atoms with E-state index in [0.717, 1.165) is 6.42 Å². The van der Waals surface area contributed by atoms with Crippen LogP contribution in [0.1, 0.15) is 151 Å². The summed E-state index contributed by atoms with van der Waals surface area (Å²) in [7, 11) is 0. The van der Waals surface area contributed by atoms with E-state index in [1.165, 1.54) is 13.8 Å². The van der Waals surface area contributed by atoms with E-state index in [4.69, 9.17) is 23.7 Å². The van der Waals surface area contributed by atoms with Crippen molar-refractivity contribution >= 4 is 11.6 Å². The fourth-order valence-electron chi connectivity index (χ4n) is 3.60. The van der Waals surface area contributed by atoms with Crippen molar-refractivity contribution in [1.82, 2.24) is 0 Å². The van der Waals surface area contributed by atoms with E-state index in [-0.39, 0.29) is 45.2 Å². The summed E-state index contributed by atoms with van der Waals surface area (Å²) >= 11 is 0. The molecule has 0 aliphatic carbocycles. The summed E-state index contributed by atoms with van der Waals surface area (Å²) in [6.07, 6.45) is 1.56. The summed E-state index contributed by atoms with van der Waals surface area (Å²) in [5, 5.41) is 0. The van der Waals surface area contributed by atoms with Gasteiger partial charge in [0.2, 0.25) is 0 Å². The minimum Gasteiger partial charge on any atom is -0.364 e. The van der Waals surface area contributed by atoms with E-state index in [9.17, 15) is 9.59 Å². The molecule has 0 radical (unpaired) electrons. The molecular weight excluding hydrogens is 496 g/mol. The average Bonchev–Trinajstić information content (AvgIpc) is 2.97. The molecule has 0 spiro atoms. The second kappa shape index (κ2) is 13.4. The number of rotatable bonds is 2. The Balaban J connectivity index is 0. The first-order chi connectivity index (χ1) is 16.8. The largest absolute Gasteiger partial charge is 0.364 e. The number of carbonyl (C=O) groups is 2. The summed E-state index contributed by atoms with van der Waals surface area (Å²) < 4.78 is 28.5. The zero-order chi connectivity index (χ0) is 32.1. The normalized spacial score (nSPS) is 25.9. The smallest absolute Gasteiger partial charge is 0.166 e. The Kier molecular flexibility index (Phi) is 13.9. The van der Waals surface area contributed by atoms with Gasteiger partial charge in [-0.3, -0.25) is 0 Å². The Bertz CT molecular complexity index is 751. The fourth-order valence-corrected chi connectivity index (χ4v) is 3.60. The summed E-state index contributed by atoms with van der Waals surface area (Å²) in [4.78, 5) is 19.3. The molecule has 0 atom stereocenters. The van der Waals surface area contributed by atoms with Crippen molar-refractivity contribution in [1.29, 1.82) is 0 Å². The summed E-state index contributed by atoms with van der Waals surface area (Å²) in [5.74, 6) is -0.412. The van der Waals surface area contributed by atoms with Crippen molar-refractivity contribution in [3.63, 3.8) is 0 Å². The topological polar surface area (TPSA) is 83.6 Å². The minimum atomic E-state index is -0.438. The number of Topliss-reactive ketones (excluding diaryl/α,β-unsaturated/α-hetero) is 2. The lowest BCUT2D eigenvalue weighted by molar-refractivity contribution is -0.179. The van der Waals surface area contributed by atoms with Gasteiger partial charge < -0.3 is 33.3 Å². The van der Waals surface area contributed by atoms with Gasteiger partial charge in [-0.15, -0.1) is 0 Å². The second-order valence-electron chi connectivity index (χ2n) is 14.4. The van der Waals surface area contributed by atoms with Gasteiger partial charge in [0.25, 0.3) is 0 Å². The number of carbonyl (C=O) groups excluding carboxylic acids is 2. The van der Waals surface area contributed by atoms with E-state index in [1.54, 1.807) is 6.92 Å². The highest BCUT2D eigenvalue weighted by Crippen LogP contribution is 2.46. The van der Waals surface area contributed by atoms with Crippen molar-refractivity contribution in [3.8, 4) is 0 Å². The van der Waals surface area contributed by atoms with Gasteiger partial charge in [0.15, 0.2) is 11.6 Å². The van der Waals surface area contributed by atoms with Crippen LogP contribution in [0.25, 0.3) is 0 Å². The summed E-state index contributed by atoms with van der Waals surface area (Å²) in [5.41, 5.74) is -0.497. The maximum Gasteiger partial charge on any atom is 0.166 e. The molecule has 7 heteroatoms. The van der Waals surface area contributed by atoms with Crippen molar-refractivity contribution in [2.45, 2.75) is 196 Å². The SMILES string of the molecule is CC(C)=O.CC1(C)OC(C)(C)C(C)(C)O1.CC1(C)OC1(C)C.CCC(C)=O.CCC1(C)OC(C)(C)C(C)(C)O1. The molecule has 0 amide bonds. The molecule has 3 saturated heterocycles. The van der Waals surface area contributed by atoms with Crippen LogP contribution in [0.3, 0.4) is 0 Å². The molecule has 0 aromatic carbocycles. The van der Waals surface area contributed by atoms with E-state index < -0.39 is 11.6 Å². The van der Waals surface area contributed by atoms with Gasteiger partial charge in [0.1, 0.15) is 11.6 Å². The quantitative estimate of drug-likeness (QED) is 0.315. The fraction of sp³-hybridized carbons (Fsp3) is 0.938. The average molecular weight is 561 g/mol. The van der Waals surface area contributed by atoms with Crippen molar-refractivity contribution in [2.24, 2.45) is 0 Å². The maximum atomic E-state index is 9.81. The third kappa shape index (κ3) is 13.1. The molecule has 0 N–H and O–H groups in total. The van der Waals surface area contributed by atoms with Crippen molar-refractivity contribution in [3.05, 3.63) is 0 Å². The molecule has 0 aromatic rings. The van der Waals surface area contributed by atoms with Crippen LogP contribution in [0.2, 0.25) is 0 Å². The Morgan fingerprint density at radius 2 is 0.667 bits per heavy atom. The second-order valence-corrected chi connectivity index (χ2v) is 14.4. The highest BCUT2D eigenvalue weighted by molar-refractivity contribution is 5.74. The molecule has 3 aliphatic rings. The van der Waals surface area contributed by atoms with Gasteiger partial charge in [0, 0.05) is 6.42 Å². The molecule has 7 nitrogen and oxygen atoms in total. The van der Waals surface area contributed by atoms with E-state index >= 15 is 0 Å². The number of hydrogen-bond donors (Lipinski definition) is 0. The Morgan fingerprint density at radius 1 is 0.462 bits per heavy atom. The first kappa shape index (κ1) is 40.3. The molecule has 3 fully saturated rings. The number of ether oxygens (including phenoxy) is 5. The summed E-state index contributed by atoms with van der Waals surface area (Å²) in [6, 6.07) is 0. The lowest BCUT2D eigenvalue weighted by Gasteiger charge is -2.30. The first-order valence-corrected chi connectivity index (χ1v) is 14.3. The van der Waals surface area contributed by atoms with Crippen molar-refractivity contribution < 1.29 is 33.3 Å². The minimum absolute atomic E-state index is 0.146. The van der Waals surface area contributed by atoms with Gasteiger partial charge >= 0.3 is 0 Å². The highest BCUT2D eigenvalue weighted by atomic mass is 16.8.